The zero-order valence-electron chi connectivity index (χ0n) is 14.8. The topological polar surface area (TPSA) is 20.3 Å². The van der Waals surface area contributed by atoms with Gasteiger partial charge in [-0.1, -0.05) is 80.6 Å². The minimum Gasteiger partial charge on any atom is -0.288 e. The molecule has 24 heavy (non-hydrogen) atoms. The average Bonchev–Trinajstić information content (AvgIpc) is 2.64. The highest BCUT2D eigenvalue weighted by Gasteiger charge is 2.29. The predicted molar refractivity (Wildman–Crippen MR) is 103 cm³/mol. The largest absolute Gasteiger partial charge is 0.288 e. The Kier molecular flexibility index (Phi) is 7.22. The van der Waals surface area contributed by atoms with Crippen molar-refractivity contribution < 1.29 is 4.79 Å². The number of rotatable bonds is 6. The minimum absolute atomic E-state index is 0.317. The Bertz CT molecular complexity index is 474. The Hall–Kier alpha value is -0.800. The predicted octanol–water partition coefficient (Wildman–Crippen LogP) is 5.41. The molecule has 0 heterocycles. The van der Waals surface area contributed by atoms with E-state index in [0.717, 1.165) is 23.5 Å². The van der Waals surface area contributed by atoms with E-state index in [4.69, 9.17) is 0 Å². The van der Waals surface area contributed by atoms with Crippen molar-refractivity contribution >= 4 is 16.9 Å². The maximum atomic E-state index is 12.4. The lowest BCUT2D eigenvalue weighted by Crippen LogP contribution is -2.45. The number of thioether (sulfide) groups is 1. The Labute approximate surface area is 151 Å². The van der Waals surface area contributed by atoms with Crippen LogP contribution in [0.4, 0.5) is 0 Å². The number of benzene rings is 1. The number of nitrogens with zero attached hydrogens (tertiary/aromatic N) is 1. The smallest absolute Gasteiger partial charge is 0.194 e. The van der Waals surface area contributed by atoms with Gasteiger partial charge in [-0.2, -0.15) is 0 Å². The monoisotopic (exact) mass is 345 g/mol. The lowest BCUT2D eigenvalue weighted by Gasteiger charge is -2.41. The summed E-state index contributed by atoms with van der Waals surface area (Å²) < 4.78 is 0. The summed E-state index contributed by atoms with van der Waals surface area (Å²) in [6.45, 7) is 0. The molecule has 0 unspecified atom stereocenters. The van der Waals surface area contributed by atoms with Gasteiger partial charge in [-0.25, -0.2) is 0 Å². The fourth-order valence-corrected chi connectivity index (χ4v) is 5.28. The van der Waals surface area contributed by atoms with Gasteiger partial charge in [-0.15, -0.1) is 0 Å². The van der Waals surface area contributed by atoms with E-state index in [1.165, 1.54) is 64.2 Å². The maximum absolute atomic E-state index is 12.4. The lowest BCUT2D eigenvalue weighted by molar-refractivity contribution is -0.110. The Morgan fingerprint density at radius 3 is 1.96 bits per heavy atom. The van der Waals surface area contributed by atoms with Crippen molar-refractivity contribution in [1.82, 2.24) is 4.90 Å². The molecule has 1 aromatic carbocycles. The molecule has 0 saturated heterocycles. The first-order chi connectivity index (χ1) is 11.8. The van der Waals surface area contributed by atoms with Crippen LogP contribution in [0.3, 0.4) is 0 Å². The summed E-state index contributed by atoms with van der Waals surface area (Å²) in [6, 6.07) is 11.6. The second kappa shape index (κ2) is 9.62. The molecule has 3 rings (SSSR count). The van der Waals surface area contributed by atoms with Gasteiger partial charge in [-0.3, -0.25) is 9.69 Å². The molecule has 0 radical (unpaired) electrons. The molecular weight excluding hydrogens is 314 g/mol. The van der Waals surface area contributed by atoms with E-state index in [1.807, 2.05) is 18.2 Å². The molecule has 0 aliphatic heterocycles. The van der Waals surface area contributed by atoms with Crippen LogP contribution in [-0.4, -0.2) is 28.0 Å². The van der Waals surface area contributed by atoms with Crippen LogP contribution in [0.25, 0.3) is 0 Å². The highest BCUT2D eigenvalue weighted by atomic mass is 32.2. The second-order valence-corrected chi connectivity index (χ2v) is 8.41. The van der Waals surface area contributed by atoms with E-state index < -0.39 is 0 Å². The third-order valence-electron chi connectivity index (χ3n) is 5.65. The third kappa shape index (κ3) is 5.35. The van der Waals surface area contributed by atoms with E-state index in [1.54, 1.807) is 11.8 Å². The Morgan fingerprint density at radius 2 is 1.42 bits per heavy atom. The van der Waals surface area contributed by atoms with Crippen LogP contribution in [0.15, 0.2) is 30.3 Å². The molecule has 0 bridgehead atoms. The van der Waals surface area contributed by atoms with Crippen molar-refractivity contribution in [2.45, 2.75) is 82.7 Å². The molecule has 2 aliphatic carbocycles. The highest BCUT2D eigenvalue weighted by molar-refractivity contribution is 8.13. The SMILES string of the molecule is O=C(Cc1ccccc1)SCN(C1CCCCC1)C1CCCCC1. The van der Waals surface area contributed by atoms with Crippen molar-refractivity contribution in [3.05, 3.63) is 35.9 Å². The van der Waals surface area contributed by atoms with Gasteiger partial charge in [0.1, 0.15) is 0 Å². The normalized spacial score (nSPS) is 20.4. The zero-order chi connectivity index (χ0) is 16.6. The van der Waals surface area contributed by atoms with Crippen LogP contribution in [0.5, 0.6) is 0 Å². The van der Waals surface area contributed by atoms with Gasteiger partial charge in [0, 0.05) is 18.5 Å². The van der Waals surface area contributed by atoms with E-state index in [0.29, 0.717) is 11.5 Å². The molecule has 2 nitrogen and oxygen atoms in total. The van der Waals surface area contributed by atoms with Gasteiger partial charge in [0.2, 0.25) is 0 Å². The summed E-state index contributed by atoms with van der Waals surface area (Å²) in [7, 11) is 0. The van der Waals surface area contributed by atoms with Gasteiger partial charge in [0.15, 0.2) is 5.12 Å². The summed E-state index contributed by atoms with van der Waals surface area (Å²) in [5.74, 6) is 0.904. The number of hydrogen-bond acceptors (Lipinski definition) is 3. The summed E-state index contributed by atoms with van der Waals surface area (Å²) >= 11 is 1.55. The molecule has 2 fully saturated rings. The summed E-state index contributed by atoms with van der Waals surface area (Å²) in [4.78, 5) is 15.1. The molecule has 2 saturated carbocycles. The van der Waals surface area contributed by atoms with Crippen molar-refractivity contribution in [1.29, 1.82) is 0 Å². The third-order valence-corrected chi connectivity index (χ3v) is 6.55. The maximum Gasteiger partial charge on any atom is 0.194 e. The molecular formula is C21H31NOS. The van der Waals surface area contributed by atoms with Gasteiger partial charge in [0.25, 0.3) is 0 Å². The van der Waals surface area contributed by atoms with Crippen LogP contribution in [-0.2, 0) is 11.2 Å². The van der Waals surface area contributed by atoms with Crippen LogP contribution in [0.1, 0.15) is 69.8 Å². The number of carbonyl (C=O) groups excluding carboxylic acids is 1. The van der Waals surface area contributed by atoms with Crippen LogP contribution in [0.2, 0.25) is 0 Å². The highest BCUT2D eigenvalue weighted by Crippen LogP contribution is 2.31. The molecule has 0 amide bonds. The second-order valence-electron chi connectivity index (χ2n) is 7.41. The van der Waals surface area contributed by atoms with E-state index >= 15 is 0 Å². The van der Waals surface area contributed by atoms with Gasteiger partial charge in [-0.05, 0) is 31.2 Å². The van der Waals surface area contributed by atoms with Crippen molar-refractivity contribution in [2.75, 3.05) is 5.88 Å². The van der Waals surface area contributed by atoms with Gasteiger partial charge < -0.3 is 0 Å². The first kappa shape index (κ1) is 18.0. The summed E-state index contributed by atoms with van der Waals surface area (Å²) in [5.41, 5.74) is 1.14. The molecule has 1 aromatic rings. The van der Waals surface area contributed by atoms with Crippen molar-refractivity contribution in [3.63, 3.8) is 0 Å². The van der Waals surface area contributed by atoms with Crippen LogP contribution < -0.4 is 0 Å². The molecule has 3 heteroatoms. The molecule has 0 N–H and O–H groups in total. The van der Waals surface area contributed by atoms with E-state index in [9.17, 15) is 4.79 Å². The fourth-order valence-electron chi connectivity index (χ4n) is 4.29. The van der Waals surface area contributed by atoms with E-state index in [2.05, 4.69) is 17.0 Å². The molecule has 0 atom stereocenters. The molecule has 0 aromatic heterocycles. The first-order valence-corrected chi connectivity index (χ1v) is 10.8. The van der Waals surface area contributed by atoms with Crippen LogP contribution in [0, 0.1) is 0 Å². The van der Waals surface area contributed by atoms with Crippen LogP contribution >= 0.6 is 11.8 Å². The standard InChI is InChI=1S/C21H31NOS/c23-21(16-18-10-4-1-5-11-18)24-17-22(19-12-6-2-7-13-19)20-14-8-3-9-15-20/h1,4-5,10-11,19-20H,2-3,6-9,12-17H2. The minimum atomic E-state index is 0.317. The van der Waals surface area contributed by atoms with Crippen molar-refractivity contribution in [3.8, 4) is 0 Å². The summed E-state index contributed by atoms with van der Waals surface area (Å²) in [6.07, 6.45) is 14.2. The van der Waals surface area contributed by atoms with Gasteiger partial charge in [0.05, 0.1) is 5.88 Å². The summed E-state index contributed by atoms with van der Waals surface area (Å²) in [5, 5.41) is 0.317. The Balaban J connectivity index is 1.55. The average molecular weight is 346 g/mol. The lowest BCUT2D eigenvalue weighted by atomic mass is 9.89. The quantitative estimate of drug-likeness (QED) is 0.643. The molecule has 2 aliphatic rings. The van der Waals surface area contributed by atoms with Crippen molar-refractivity contribution in [2.24, 2.45) is 0 Å². The first-order valence-electron chi connectivity index (χ1n) is 9.78. The molecule has 132 valence electrons. The van der Waals surface area contributed by atoms with Gasteiger partial charge >= 0.3 is 0 Å². The Morgan fingerprint density at radius 1 is 0.875 bits per heavy atom. The number of hydrogen-bond donors (Lipinski definition) is 0. The zero-order valence-corrected chi connectivity index (χ0v) is 15.6. The van der Waals surface area contributed by atoms with E-state index in [-0.39, 0.29) is 0 Å². The molecule has 0 spiro atoms. The fraction of sp³-hybridized carbons (Fsp3) is 0.667. The number of carbonyl (C=O) groups is 1.